The lowest BCUT2D eigenvalue weighted by atomic mass is 9.90. The summed E-state index contributed by atoms with van der Waals surface area (Å²) >= 11 is 0. The molecule has 3 heteroatoms. The lowest BCUT2D eigenvalue weighted by molar-refractivity contribution is 0.0572. The maximum absolute atomic E-state index is 5.70. The van der Waals surface area contributed by atoms with Crippen molar-refractivity contribution in [3.05, 3.63) is 0 Å². The molecule has 3 nitrogen and oxygen atoms in total. The van der Waals surface area contributed by atoms with Crippen LogP contribution in [0.15, 0.2) is 0 Å². The monoisotopic (exact) mass is 226 g/mol. The first kappa shape index (κ1) is 12.3. The molecule has 0 aliphatic carbocycles. The zero-order chi connectivity index (χ0) is 11.4. The highest BCUT2D eigenvalue weighted by atomic mass is 16.5. The van der Waals surface area contributed by atoms with Crippen molar-refractivity contribution in [3.8, 4) is 0 Å². The number of nitrogens with one attached hydrogen (secondary N) is 1. The van der Waals surface area contributed by atoms with Gasteiger partial charge >= 0.3 is 0 Å². The Bertz CT molecular complexity index is 196. The molecule has 2 rings (SSSR count). The minimum Gasteiger partial charge on any atom is -0.377 e. The van der Waals surface area contributed by atoms with Gasteiger partial charge in [-0.2, -0.15) is 0 Å². The van der Waals surface area contributed by atoms with E-state index in [0.717, 1.165) is 12.5 Å². The van der Waals surface area contributed by atoms with E-state index >= 15 is 0 Å². The van der Waals surface area contributed by atoms with Crippen LogP contribution in [-0.4, -0.2) is 50.3 Å². The van der Waals surface area contributed by atoms with E-state index in [1.54, 1.807) is 0 Å². The average molecular weight is 226 g/mol. The smallest absolute Gasteiger partial charge is 0.0702 e. The molecule has 0 saturated carbocycles. The van der Waals surface area contributed by atoms with Crippen molar-refractivity contribution >= 4 is 0 Å². The van der Waals surface area contributed by atoms with Gasteiger partial charge in [0.15, 0.2) is 0 Å². The molecule has 2 aliphatic heterocycles. The molecule has 2 fully saturated rings. The van der Waals surface area contributed by atoms with Crippen molar-refractivity contribution in [2.24, 2.45) is 5.92 Å². The van der Waals surface area contributed by atoms with Crippen LogP contribution in [0.2, 0.25) is 0 Å². The highest BCUT2D eigenvalue weighted by Gasteiger charge is 2.25. The highest BCUT2D eigenvalue weighted by Crippen LogP contribution is 2.22. The summed E-state index contributed by atoms with van der Waals surface area (Å²) in [6.07, 6.45) is 5.74. The lowest BCUT2D eigenvalue weighted by Gasteiger charge is -2.35. The fourth-order valence-electron chi connectivity index (χ4n) is 2.95. The third-order valence-corrected chi connectivity index (χ3v) is 4.28. The maximum Gasteiger partial charge on any atom is 0.0702 e. The van der Waals surface area contributed by atoms with E-state index < -0.39 is 0 Å². The molecule has 0 aromatic rings. The predicted molar refractivity (Wildman–Crippen MR) is 66.7 cm³/mol. The Morgan fingerprint density at radius 3 is 2.62 bits per heavy atom. The van der Waals surface area contributed by atoms with Gasteiger partial charge in [-0.05, 0) is 58.7 Å². The van der Waals surface area contributed by atoms with Crippen LogP contribution in [0.3, 0.4) is 0 Å². The first-order chi connectivity index (χ1) is 7.79. The fraction of sp³-hybridized carbons (Fsp3) is 1.00. The number of rotatable bonds is 4. The molecule has 2 heterocycles. The van der Waals surface area contributed by atoms with Gasteiger partial charge in [0.25, 0.3) is 0 Å². The van der Waals surface area contributed by atoms with E-state index in [0.29, 0.717) is 12.1 Å². The number of hydrogen-bond acceptors (Lipinski definition) is 3. The van der Waals surface area contributed by atoms with Gasteiger partial charge in [-0.25, -0.2) is 0 Å². The van der Waals surface area contributed by atoms with Crippen LogP contribution in [0, 0.1) is 5.92 Å². The molecule has 2 saturated heterocycles. The van der Waals surface area contributed by atoms with Crippen LogP contribution < -0.4 is 5.32 Å². The molecule has 0 spiro atoms. The summed E-state index contributed by atoms with van der Waals surface area (Å²) in [5.74, 6) is 0.866. The van der Waals surface area contributed by atoms with E-state index in [9.17, 15) is 0 Å². The van der Waals surface area contributed by atoms with Crippen LogP contribution in [0.5, 0.6) is 0 Å². The molecule has 2 aliphatic rings. The second-order valence-corrected chi connectivity index (χ2v) is 5.35. The van der Waals surface area contributed by atoms with Gasteiger partial charge in [0.1, 0.15) is 0 Å². The largest absolute Gasteiger partial charge is 0.377 e. The summed E-state index contributed by atoms with van der Waals surface area (Å²) in [5, 5.41) is 3.38. The normalized spacial score (nSPS) is 30.8. The average Bonchev–Trinajstić information content (AvgIpc) is 2.82. The molecule has 2 atom stereocenters. The van der Waals surface area contributed by atoms with Gasteiger partial charge < -0.3 is 15.0 Å². The first-order valence-corrected chi connectivity index (χ1v) is 6.81. The van der Waals surface area contributed by atoms with Crippen molar-refractivity contribution in [1.82, 2.24) is 10.2 Å². The minimum atomic E-state index is 0.526. The quantitative estimate of drug-likeness (QED) is 0.786. The summed E-state index contributed by atoms with van der Waals surface area (Å²) in [7, 11) is 2.07. The number of piperidine rings is 1. The Labute approximate surface area is 99.5 Å². The Balaban J connectivity index is 1.68. The minimum absolute atomic E-state index is 0.526. The van der Waals surface area contributed by atoms with Crippen molar-refractivity contribution in [3.63, 3.8) is 0 Å². The van der Waals surface area contributed by atoms with Gasteiger partial charge in [0, 0.05) is 19.2 Å². The SMILES string of the molecule is CNC(C)C1CCN(CC2CCCO2)CC1. The molecule has 16 heavy (non-hydrogen) atoms. The Kier molecular flexibility index (Phi) is 4.62. The molecule has 0 aromatic carbocycles. The van der Waals surface area contributed by atoms with E-state index in [1.165, 1.54) is 45.3 Å². The number of hydrogen-bond donors (Lipinski definition) is 1. The molecule has 94 valence electrons. The Morgan fingerprint density at radius 2 is 2.06 bits per heavy atom. The Morgan fingerprint density at radius 1 is 1.31 bits per heavy atom. The van der Waals surface area contributed by atoms with Crippen LogP contribution in [0.25, 0.3) is 0 Å². The Hall–Kier alpha value is -0.120. The number of nitrogens with zero attached hydrogens (tertiary/aromatic N) is 1. The zero-order valence-corrected chi connectivity index (χ0v) is 10.7. The van der Waals surface area contributed by atoms with E-state index in [4.69, 9.17) is 4.74 Å². The third-order valence-electron chi connectivity index (χ3n) is 4.28. The van der Waals surface area contributed by atoms with Crippen molar-refractivity contribution in [1.29, 1.82) is 0 Å². The van der Waals surface area contributed by atoms with Crippen molar-refractivity contribution in [2.45, 2.75) is 44.8 Å². The predicted octanol–water partition coefficient (Wildman–Crippen LogP) is 1.49. The summed E-state index contributed by atoms with van der Waals surface area (Å²) in [5.41, 5.74) is 0. The van der Waals surface area contributed by atoms with E-state index in [1.807, 2.05) is 0 Å². The van der Waals surface area contributed by atoms with Crippen molar-refractivity contribution in [2.75, 3.05) is 33.3 Å². The standard InChI is InChI=1S/C13H26N2O/c1-11(14-2)12-5-7-15(8-6-12)10-13-4-3-9-16-13/h11-14H,3-10H2,1-2H3. The second-order valence-electron chi connectivity index (χ2n) is 5.35. The molecule has 0 amide bonds. The molecule has 0 radical (unpaired) electrons. The second kappa shape index (κ2) is 5.99. The summed E-state index contributed by atoms with van der Waals surface area (Å²) in [6, 6.07) is 0.671. The topological polar surface area (TPSA) is 24.5 Å². The summed E-state index contributed by atoms with van der Waals surface area (Å²) in [6.45, 7) is 6.98. The summed E-state index contributed by atoms with van der Waals surface area (Å²) < 4.78 is 5.70. The van der Waals surface area contributed by atoms with Gasteiger partial charge in [0.05, 0.1) is 6.10 Å². The van der Waals surface area contributed by atoms with Crippen LogP contribution >= 0.6 is 0 Å². The maximum atomic E-state index is 5.70. The summed E-state index contributed by atoms with van der Waals surface area (Å²) in [4.78, 5) is 2.59. The van der Waals surface area contributed by atoms with Crippen molar-refractivity contribution < 1.29 is 4.74 Å². The zero-order valence-electron chi connectivity index (χ0n) is 10.7. The molecule has 0 aromatic heterocycles. The van der Waals surface area contributed by atoms with E-state index in [-0.39, 0.29) is 0 Å². The molecule has 0 bridgehead atoms. The van der Waals surface area contributed by atoms with Crippen LogP contribution in [0.4, 0.5) is 0 Å². The number of likely N-dealkylation sites (tertiary alicyclic amines) is 1. The first-order valence-electron chi connectivity index (χ1n) is 6.81. The highest BCUT2D eigenvalue weighted by molar-refractivity contribution is 4.80. The van der Waals surface area contributed by atoms with Crippen LogP contribution in [-0.2, 0) is 4.74 Å². The molecule has 2 unspecified atom stereocenters. The fourth-order valence-corrected chi connectivity index (χ4v) is 2.95. The van der Waals surface area contributed by atoms with E-state index in [2.05, 4.69) is 24.2 Å². The lowest BCUT2D eigenvalue weighted by Crippen LogP contribution is -2.43. The third kappa shape index (κ3) is 3.19. The van der Waals surface area contributed by atoms with Gasteiger partial charge in [-0.1, -0.05) is 0 Å². The van der Waals surface area contributed by atoms with Gasteiger partial charge in [-0.3, -0.25) is 0 Å². The molecule has 1 N–H and O–H groups in total. The van der Waals surface area contributed by atoms with Gasteiger partial charge in [0.2, 0.25) is 0 Å². The molecular formula is C13H26N2O. The molecular weight excluding hydrogens is 200 g/mol. The van der Waals surface area contributed by atoms with Gasteiger partial charge in [-0.15, -0.1) is 0 Å². The number of ether oxygens (including phenoxy) is 1. The van der Waals surface area contributed by atoms with Crippen LogP contribution in [0.1, 0.15) is 32.6 Å².